The fraction of sp³-hybridized carbons (Fsp3) is 0.0909. The lowest BCUT2D eigenvalue weighted by Crippen LogP contribution is -1.71. The molecule has 0 atom stereocenters. The maximum atomic E-state index is 5.83. The van der Waals surface area contributed by atoms with Crippen LogP contribution in [-0.4, -0.2) is 6.26 Å². The van der Waals surface area contributed by atoms with E-state index < -0.39 is 0 Å². The van der Waals surface area contributed by atoms with Gasteiger partial charge in [-0.2, -0.15) is 0 Å². The molecule has 0 amide bonds. The predicted octanol–water partition coefficient (Wildman–Crippen LogP) is 4.79. The van der Waals surface area contributed by atoms with E-state index in [0.717, 1.165) is 5.02 Å². The SMILES string of the molecule is CSc1cc(-c2ccc(Cl)cc2)cs1. The van der Waals surface area contributed by atoms with Gasteiger partial charge in [-0.25, -0.2) is 0 Å². The van der Waals surface area contributed by atoms with Crippen LogP contribution in [0, 0.1) is 0 Å². The first-order valence-corrected chi connectivity index (χ1v) is 6.66. The third-order valence-electron chi connectivity index (χ3n) is 1.95. The lowest BCUT2D eigenvalue weighted by Gasteiger charge is -1.96. The van der Waals surface area contributed by atoms with Gasteiger partial charge in [0.1, 0.15) is 0 Å². The maximum Gasteiger partial charge on any atom is 0.0602 e. The third-order valence-corrected chi connectivity index (χ3v) is 4.24. The van der Waals surface area contributed by atoms with Gasteiger partial charge < -0.3 is 0 Å². The molecule has 1 aromatic heterocycles. The van der Waals surface area contributed by atoms with Crippen LogP contribution in [0.25, 0.3) is 11.1 Å². The lowest BCUT2D eigenvalue weighted by atomic mass is 10.1. The molecular formula is C11H9ClS2. The molecule has 1 heterocycles. The first-order chi connectivity index (χ1) is 6.79. The van der Waals surface area contributed by atoms with Gasteiger partial charge in [-0.3, -0.25) is 0 Å². The van der Waals surface area contributed by atoms with Gasteiger partial charge in [0.25, 0.3) is 0 Å². The molecule has 0 aliphatic rings. The molecule has 1 aromatic carbocycles. The Hall–Kier alpha value is -0.440. The molecule has 0 aliphatic heterocycles. The second-order valence-electron chi connectivity index (χ2n) is 2.87. The summed E-state index contributed by atoms with van der Waals surface area (Å²) in [6.07, 6.45) is 2.09. The summed E-state index contributed by atoms with van der Waals surface area (Å²) in [5, 5.41) is 2.96. The number of halogens is 1. The van der Waals surface area contributed by atoms with Crippen molar-refractivity contribution in [3.8, 4) is 11.1 Å². The highest BCUT2D eigenvalue weighted by molar-refractivity contribution is 8.00. The monoisotopic (exact) mass is 240 g/mol. The van der Waals surface area contributed by atoms with E-state index in [1.807, 2.05) is 12.1 Å². The summed E-state index contributed by atoms with van der Waals surface area (Å²) in [7, 11) is 0. The molecule has 72 valence electrons. The topological polar surface area (TPSA) is 0 Å². The summed E-state index contributed by atoms with van der Waals surface area (Å²) in [5.74, 6) is 0. The molecule has 3 heteroatoms. The van der Waals surface area contributed by atoms with Crippen molar-refractivity contribution in [1.29, 1.82) is 0 Å². The Labute approximate surface area is 96.9 Å². The van der Waals surface area contributed by atoms with Crippen molar-refractivity contribution in [2.45, 2.75) is 4.21 Å². The summed E-state index contributed by atoms with van der Waals surface area (Å²) < 4.78 is 1.34. The van der Waals surface area contributed by atoms with Crippen LogP contribution in [0.15, 0.2) is 39.9 Å². The highest BCUT2D eigenvalue weighted by Gasteiger charge is 2.01. The van der Waals surface area contributed by atoms with Gasteiger partial charge in [-0.05, 0) is 41.0 Å². The number of thiophene rings is 1. The molecule has 0 fully saturated rings. The van der Waals surface area contributed by atoms with Gasteiger partial charge in [-0.1, -0.05) is 23.7 Å². The van der Waals surface area contributed by atoms with Crippen LogP contribution in [0.3, 0.4) is 0 Å². The molecule has 0 nitrogen and oxygen atoms in total. The van der Waals surface area contributed by atoms with Crippen molar-refractivity contribution in [2.24, 2.45) is 0 Å². The molecule has 0 unspecified atom stereocenters. The molecule has 2 aromatic rings. The van der Waals surface area contributed by atoms with Crippen LogP contribution in [0.5, 0.6) is 0 Å². The quantitative estimate of drug-likeness (QED) is 0.680. The van der Waals surface area contributed by atoms with Crippen LogP contribution < -0.4 is 0 Å². The Bertz CT molecular complexity index is 417. The van der Waals surface area contributed by atoms with Gasteiger partial charge in [0.15, 0.2) is 0 Å². The molecule has 14 heavy (non-hydrogen) atoms. The van der Waals surface area contributed by atoms with E-state index in [-0.39, 0.29) is 0 Å². The Morgan fingerprint density at radius 2 is 1.86 bits per heavy atom. The molecule has 0 spiro atoms. The summed E-state index contributed by atoms with van der Waals surface area (Å²) in [4.78, 5) is 0. The highest BCUT2D eigenvalue weighted by atomic mass is 35.5. The first kappa shape index (κ1) is 10.1. The molecular weight excluding hydrogens is 232 g/mol. The second-order valence-corrected chi connectivity index (χ2v) is 5.32. The van der Waals surface area contributed by atoms with E-state index in [0.29, 0.717) is 0 Å². The van der Waals surface area contributed by atoms with Crippen molar-refractivity contribution in [3.05, 3.63) is 40.7 Å². The number of thioether (sulfide) groups is 1. The van der Waals surface area contributed by atoms with E-state index in [2.05, 4.69) is 29.8 Å². The van der Waals surface area contributed by atoms with Crippen molar-refractivity contribution in [1.82, 2.24) is 0 Å². The summed E-state index contributed by atoms with van der Waals surface area (Å²) >= 11 is 9.39. The zero-order chi connectivity index (χ0) is 9.97. The largest absolute Gasteiger partial charge is 0.137 e. The number of rotatable bonds is 2. The van der Waals surface area contributed by atoms with E-state index in [4.69, 9.17) is 11.6 Å². The standard InChI is InChI=1S/C11H9ClS2/c1-13-11-6-9(7-14-11)8-2-4-10(12)5-3-8/h2-7H,1H3. The smallest absolute Gasteiger partial charge is 0.0602 e. The van der Waals surface area contributed by atoms with E-state index in [1.54, 1.807) is 23.1 Å². The Balaban J connectivity index is 2.34. The van der Waals surface area contributed by atoms with Crippen LogP contribution in [-0.2, 0) is 0 Å². The summed E-state index contributed by atoms with van der Waals surface area (Å²) in [5.41, 5.74) is 2.50. The molecule has 0 aliphatic carbocycles. The van der Waals surface area contributed by atoms with Crippen molar-refractivity contribution >= 4 is 34.7 Å². The van der Waals surface area contributed by atoms with Gasteiger partial charge in [0.05, 0.1) is 4.21 Å². The summed E-state index contributed by atoms with van der Waals surface area (Å²) in [6.45, 7) is 0. The number of hydrogen-bond acceptors (Lipinski definition) is 2. The van der Waals surface area contributed by atoms with Crippen molar-refractivity contribution in [2.75, 3.05) is 6.26 Å². The fourth-order valence-electron chi connectivity index (χ4n) is 1.22. The minimum atomic E-state index is 0.786. The van der Waals surface area contributed by atoms with Gasteiger partial charge in [-0.15, -0.1) is 23.1 Å². The van der Waals surface area contributed by atoms with E-state index in [9.17, 15) is 0 Å². The predicted molar refractivity (Wildman–Crippen MR) is 66.5 cm³/mol. The molecule has 0 bridgehead atoms. The molecule has 0 N–H and O–H groups in total. The molecule has 0 radical (unpaired) electrons. The first-order valence-electron chi connectivity index (χ1n) is 4.18. The van der Waals surface area contributed by atoms with Gasteiger partial charge in [0, 0.05) is 5.02 Å². The zero-order valence-electron chi connectivity index (χ0n) is 7.66. The lowest BCUT2D eigenvalue weighted by molar-refractivity contribution is 1.64. The number of benzene rings is 1. The van der Waals surface area contributed by atoms with Crippen molar-refractivity contribution < 1.29 is 0 Å². The highest BCUT2D eigenvalue weighted by Crippen LogP contribution is 2.31. The van der Waals surface area contributed by atoms with Crippen LogP contribution in [0.4, 0.5) is 0 Å². The maximum absolute atomic E-state index is 5.83. The molecule has 2 rings (SSSR count). The Kier molecular flexibility index (Phi) is 3.16. The van der Waals surface area contributed by atoms with Gasteiger partial charge in [0.2, 0.25) is 0 Å². The van der Waals surface area contributed by atoms with Crippen LogP contribution in [0.2, 0.25) is 5.02 Å². The minimum Gasteiger partial charge on any atom is -0.137 e. The van der Waals surface area contributed by atoms with Gasteiger partial charge >= 0.3 is 0 Å². The third kappa shape index (κ3) is 2.14. The van der Waals surface area contributed by atoms with Crippen LogP contribution >= 0.6 is 34.7 Å². The summed E-state index contributed by atoms with van der Waals surface area (Å²) in [6, 6.07) is 10.2. The van der Waals surface area contributed by atoms with Crippen molar-refractivity contribution in [3.63, 3.8) is 0 Å². The second kappa shape index (κ2) is 4.39. The molecule has 0 saturated carbocycles. The number of hydrogen-bond donors (Lipinski definition) is 0. The zero-order valence-corrected chi connectivity index (χ0v) is 10.0. The Morgan fingerprint density at radius 1 is 1.14 bits per heavy atom. The fourth-order valence-corrected chi connectivity index (χ4v) is 2.76. The van der Waals surface area contributed by atoms with E-state index >= 15 is 0 Å². The average molecular weight is 241 g/mol. The Morgan fingerprint density at radius 3 is 2.43 bits per heavy atom. The minimum absolute atomic E-state index is 0.786. The van der Waals surface area contributed by atoms with E-state index in [1.165, 1.54) is 15.3 Å². The molecule has 0 saturated heterocycles. The average Bonchev–Trinajstić information content (AvgIpc) is 2.67. The van der Waals surface area contributed by atoms with Crippen LogP contribution in [0.1, 0.15) is 0 Å². The normalized spacial score (nSPS) is 10.4.